The van der Waals surface area contributed by atoms with Crippen molar-refractivity contribution in [2.45, 2.75) is 58.8 Å². The molecule has 0 radical (unpaired) electrons. The monoisotopic (exact) mass is 446 g/mol. The number of amides is 1. The third kappa shape index (κ3) is 7.73. The van der Waals surface area contributed by atoms with Crippen molar-refractivity contribution in [2.75, 3.05) is 62.6 Å². The number of ether oxygens (including phenoxy) is 1. The molecule has 1 unspecified atom stereocenters. The van der Waals surface area contributed by atoms with Gasteiger partial charge in [-0.2, -0.15) is 0 Å². The lowest BCUT2D eigenvalue weighted by molar-refractivity contribution is -0.130. The minimum absolute atomic E-state index is 0.0870. The Morgan fingerprint density at radius 2 is 1.72 bits per heavy atom. The van der Waals surface area contributed by atoms with Crippen LogP contribution in [0.3, 0.4) is 0 Å². The number of aliphatic hydroxyl groups excluding tert-OH is 1. The number of piperazine rings is 1. The van der Waals surface area contributed by atoms with Crippen molar-refractivity contribution < 1.29 is 14.6 Å². The van der Waals surface area contributed by atoms with Gasteiger partial charge in [0.25, 0.3) is 0 Å². The number of rotatable bonds is 8. The van der Waals surface area contributed by atoms with Crippen LogP contribution in [0.4, 0.5) is 11.4 Å². The van der Waals surface area contributed by atoms with Gasteiger partial charge in [-0.3, -0.25) is 14.6 Å². The van der Waals surface area contributed by atoms with Crippen molar-refractivity contribution in [3.8, 4) is 0 Å². The smallest absolute Gasteiger partial charge is 0.250 e. The number of hydrogen-bond acceptors (Lipinski definition) is 6. The Labute approximate surface area is 193 Å². The predicted molar refractivity (Wildman–Crippen MR) is 130 cm³/mol. The molecule has 180 valence electrons. The maximum atomic E-state index is 11.3. The molecule has 7 heteroatoms. The van der Waals surface area contributed by atoms with Crippen molar-refractivity contribution >= 4 is 17.3 Å². The summed E-state index contributed by atoms with van der Waals surface area (Å²) in [6, 6.07) is 7.88. The number of nitrogens with one attached hydrogen (secondary N) is 1. The van der Waals surface area contributed by atoms with Gasteiger partial charge in [0, 0.05) is 50.6 Å². The molecular weight excluding hydrogens is 404 g/mol. The topological polar surface area (TPSA) is 68.3 Å². The molecule has 0 spiro atoms. The average molecular weight is 447 g/mol. The molecule has 2 aliphatic heterocycles. The molecule has 0 saturated carbocycles. The van der Waals surface area contributed by atoms with E-state index in [0.717, 1.165) is 50.9 Å². The van der Waals surface area contributed by atoms with Crippen molar-refractivity contribution in [1.29, 1.82) is 0 Å². The molecule has 1 aromatic rings. The second kappa shape index (κ2) is 11.5. The average Bonchev–Trinajstić information content (AvgIpc) is 2.78. The number of carbonyl (C=O) groups is 1. The van der Waals surface area contributed by atoms with Crippen LogP contribution in [0.2, 0.25) is 0 Å². The zero-order valence-corrected chi connectivity index (χ0v) is 20.3. The Morgan fingerprint density at radius 1 is 1.09 bits per heavy atom. The molecule has 0 bridgehead atoms. The number of aliphatic hydroxyl groups is 1. The first kappa shape index (κ1) is 25.0. The molecule has 2 fully saturated rings. The van der Waals surface area contributed by atoms with Crippen LogP contribution in [0.1, 0.15) is 47.0 Å². The zero-order chi connectivity index (χ0) is 23.1. The summed E-state index contributed by atoms with van der Waals surface area (Å²) in [4.78, 5) is 18.8. The van der Waals surface area contributed by atoms with E-state index in [-0.39, 0.29) is 17.7 Å². The summed E-state index contributed by atoms with van der Waals surface area (Å²) in [6.45, 7) is 15.8. The van der Waals surface area contributed by atoms with Crippen LogP contribution in [0.5, 0.6) is 0 Å². The minimum Gasteiger partial charge on any atom is -0.387 e. The number of hydrogen-bond donors (Lipinski definition) is 2. The molecule has 1 aromatic carbocycles. The third-order valence-corrected chi connectivity index (χ3v) is 6.57. The maximum Gasteiger partial charge on any atom is 0.250 e. The lowest BCUT2D eigenvalue weighted by atomic mass is 9.93. The van der Waals surface area contributed by atoms with E-state index in [0.29, 0.717) is 0 Å². The number of likely N-dealkylation sites (tertiary alicyclic amines) is 1. The highest BCUT2D eigenvalue weighted by atomic mass is 16.5. The van der Waals surface area contributed by atoms with Crippen molar-refractivity contribution in [1.82, 2.24) is 9.80 Å². The van der Waals surface area contributed by atoms with Gasteiger partial charge in [0.2, 0.25) is 5.91 Å². The molecule has 32 heavy (non-hydrogen) atoms. The summed E-state index contributed by atoms with van der Waals surface area (Å²) in [5.74, 6) is 0.442. The SMILES string of the molecule is CC(OC(C)(C)C)N1CCC(CCN2CCN(c3ccc(NC(=O)CO)cc3)CC2)CC1. The first-order chi connectivity index (χ1) is 15.2. The van der Waals surface area contributed by atoms with Gasteiger partial charge in [0.05, 0.1) is 5.60 Å². The highest BCUT2D eigenvalue weighted by Crippen LogP contribution is 2.25. The molecule has 3 rings (SSSR count). The van der Waals surface area contributed by atoms with E-state index in [9.17, 15) is 4.79 Å². The Bertz CT molecular complexity index is 703. The number of benzene rings is 1. The number of nitrogens with zero attached hydrogens (tertiary/aromatic N) is 3. The van der Waals surface area contributed by atoms with Gasteiger partial charge >= 0.3 is 0 Å². The molecule has 7 nitrogen and oxygen atoms in total. The second-order valence-electron chi connectivity index (χ2n) is 10.2. The summed E-state index contributed by atoms with van der Waals surface area (Å²) < 4.78 is 6.13. The molecule has 0 aromatic heterocycles. The van der Waals surface area contributed by atoms with E-state index in [1.54, 1.807) is 0 Å². The van der Waals surface area contributed by atoms with Crippen LogP contribution in [0.15, 0.2) is 24.3 Å². The normalized spacial score (nSPS) is 20.3. The Kier molecular flexibility index (Phi) is 8.94. The molecule has 1 amide bonds. The van der Waals surface area contributed by atoms with Gasteiger partial charge in [-0.15, -0.1) is 0 Å². The van der Waals surface area contributed by atoms with Gasteiger partial charge in [-0.1, -0.05) is 0 Å². The van der Waals surface area contributed by atoms with Gasteiger partial charge in [0.1, 0.15) is 12.8 Å². The fourth-order valence-electron chi connectivity index (χ4n) is 4.74. The number of carbonyl (C=O) groups excluding carboxylic acids is 1. The highest BCUT2D eigenvalue weighted by molar-refractivity contribution is 5.91. The molecule has 0 aliphatic carbocycles. The largest absolute Gasteiger partial charge is 0.387 e. The zero-order valence-electron chi connectivity index (χ0n) is 20.3. The van der Waals surface area contributed by atoms with E-state index in [1.165, 1.54) is 31.5 Å². The standard InChI is InChI=1S/C25H42N4O3/c1-20(32-25(2,3)4)28-13-10-21(11-14-28)9-12-27-15-17-29(18-16-27)23-7-5-22(6-8-23)26-24(31)19-30/h5-8,20-21,30H,9-19H2,1-4H3,(H,26,31). The van der Waals surface area contributed by atoms with Crippen molar-refractivity contribution in [3.05, 3.63) is 24.3 Å². The molecule has 2 N–H and O–H groups in total. The maximum absolute atomic E-state index is 11.3. The molecule has 1 atom stereocenters. The van der Waals surface area contributed by atoms with Gasteiger partial charge in [-0.05, 0) is 83.7 Å². The van der Waals surface area contributed by atoms with Crippen molar-refractivity contribution in [3.63, 3.8) is 0 Å². The van der Waals surface area contributed by atoms with Crippen LogP contribution >= 0.6 is 0 Å². The fraction of sp³-hybridized carbons (Fsp3) is 0.720. The number of piperidine rings is 1. The summed E-state index contributed by atoms with van der Waals surface area (Å²) in [7, 11) is 0. The highest BCUT2D eigenvalue weighted by Gasteiger charge is 2.26. The van der Waals surface area contributed by atoms with E-state index >= 15 is 0 Å². The van der Waals surface area contributed by atoms with Gasteiger partial charge < -0.3 is 20.1 Å². The summed E-state index contributed by atoms with van der Waals surface area (Å²) >= 11 is 0. The molecule has 2 heterocycles. The van der Waals surface area contributed by atoms with Crippen LogP contribution in [-0.2, 0) is 9.53 Å². The quantitative estimate of drug-likeness (QED) is 0.640. The Balaban J connectivity index is 1.34. The first-order valence-corrected chi connectivity index (χ1v) is 12.1. The van der Waals surface area contributed by atoms with Gasteiger partial charge in [0.15, 0.2) is 0 Å². The number of anilines is 2. The summed E-state index contributed by atoms with van der Waals surface area (Å²) in [5.41, 5.74) is 1.82. The lowest BCUT2D eigenvalue weighted by Gasteiger charge is -2.40. The first-order valence-electron chi connectivity index (χ1n) is 12.1. The summed E-state index contributed by atoms with van der Waals surface area (Å²) in [6.07, 6.45) is 4.04. The van der Waals surface area contributed by atoms with Gasteiger partial charge in [-0.25, -0.2) is 0 Å². The third-order valence-electron chi connectivity index (χ3n) is 6.57. The second-order valence-corrected chi connectivity index (χ2v) is 10.2. The van der Waals surface area contributed by atoms with E-state index in [2.05, 4.69) is 47.7 Å². The summed E-state index contributed by atoms with van der Waals surface area (Å²) in [5, 5.41) is 11.5. The van der Waals surface area contributed by atoms with Crippen LogP contribution in [-0.4, -0.2) is 85.1 Å². The predicted octanol–water partition coefficient (Wildman–Crippen LogP) is 3.00. The van der Waals surface area contributed by atoms with Crippen LogP contribution in [0, 0.1) is 5.92 Å². The lowest BCUT2D eigenvalue weighted by Crippen LogP contribution is -2.47. The molecule has 2 saturated heterocycles. The minimum atomic E-state index is -0.492. The van der Waals surface area contributed by atoms with Crippen LogP contribution < -0.4 is 10.2 Å². The van der Waals surface area contributed by atoms with E-state index < -0.39 is 6.61 Å². The van der Waals surface area contributed by atoms with Crippen molar-refractivity contribution in [2.24, 2.45) is 5.92 Å². The Hall–Kier alpha value is -1.67. The van der Waals surface area contributed by atoms with E-state index in [4.69, 9.17) is 9.84 Å². The Morgan fingerprint density at radius 3 is 2.28 bits per heavy atom. The molecular formula is C25H42N4O3. The molecule has 2 aliphatic rings. The fourth-order valence-corrected chi connectivity index (χ4v) is 4.74. The van der Waals surface area contributed by atoms with Crippen LogP contribution in [0.25, 0.3) is 0 Å². The van der Waals surface area contributed by atoms with E-state index in [1.807, 2.05) is 24.3 Å².